The largest absolute Gasteiger partial charge is 0.507 e. The maximum absolute atomic E-state index is 10.5. The lowest BCUT2D eigenvalue weighted by atomic mass is 10.1. The van der Waals surface area contributed by atoms with Gasteiger partial charge in [0.2, 0.25) is 0 Å². The highest BCUT2D eigenvalue weighted by Gasteiger charge is 2.17. The zero-order valence-electron chi connectivity index (χ0n) is 21.8. The monoisotopic (exact) mass is 584 g/mol. The van der Waals surface area contributed by atoms with E-state index in [0.29, 0.717) is 46.1 Å². The third-order valence-corrected chi connectivity index (χ3v) is 8.18. The molecule has 8 nitrogen and oxygen atoms in total. The molecule has 42 heavy (non-hydrogen) atoms. The lowest BCUT2D eigenvalue weighted by Gasteiger charge is -2.10. The first-order valence-corrected chi connectivity index (χ1v) is 14.7. The van der Waals surface area contributed by atoms with E-state index in [0.717, 1.165) is 20.9 Å². The van der Waals surface area contributed by atoms with E-state index < -0.39 is 0 Å². The summed E-state index contributed by atoms with van der Waals surface area (Å²) in [5.74, 6) is 2.97. The van der Waals surface area contributed by atoms with Crippen LogP contribution < -0.4 is 0 Å². The van der Waals surface area contributed by atoms with E-state index >= 15 is 0 Å². The van der Waals surface area contributed by atoms with Gasteiger partial charge in [-0.2, -0.15) is 0 Å². The smallest absolute Gasteiger partial charge is 0.174 e. The minimum atomic E-state index is 0.0961. The van der Waals surface area contributed by atoms with E-state index in [9.17, 15) is 10.2 Å². The summed E-state index contributed by atoms with van der Waals surface area (Å²) in [5, 5.41) is 24.9. The third kappa shape index (κ3) is 5.00. The molecule has 202 valence electrons. The Morgan fingerprint density at radius 3 is 1.14 bits per heavy atom. The molecule has 0 radical (unpaired) electrons. The molecule has 0 saturated heterocycles. The first-order valence-electron chi connectivity index (χ1n) is 12.9. The fraction of sp³-hybridized carbons (Fsp3) is 0. The van der Waals surface area contributed by atoms with Crippen LogP contribution in [0.2, 0.25) is 0 Å². The van der Waals surface area contributed by atoms with Crippen molar-refractivity contribution in [1.29, 1.82) is 0 Å². The minimum absolute atomic E-state index is 0.0961. The predicted molar refractivity (Wildman–Crippen MR) is 165 cm³/mol. The summed E-state index contributed by atoms with van der Waals surface area (Å²) >= 11 is 3.07. The highest BCUT2D eigenvalue weighted by atomic mass is 32.1. The van der Waals surface area contributed by atoms with E-state index in [-0.39, 0.29) is 11.5 Å². The molecule has 0 aliphatic heterocycles. The number of phenols is 2. The Morgan fingerprint density at radius 2 is 0.762 bits per heavy atom. The molecule has 0 aliphatic carbocycles. The Kier molecular flexibility index (Phi) is 6.67. The molecule has 0 bridgehead atoms. The van der Waals surface area contributed by atoms with Crippen molar-refractivity contribution in [2.24, 2.45) is 0 Å². The average Bonchev–Trinajstić information content (AvgIpc) is 3.77. The van der Waals surface area contributed by atoms with Crippen LogP contribution in [-0.2, 0) is 0 Å². The van der Waals surface area contributed by atoms with Crippen LogP contribution in [0.1, 0.15) is 0 Å². The Labute approximate surface area is 248 Å². The summed E-state index contributed by atoms with van der Waals surface area (Å²) in [4.78, 5) is 30.0. The van der Waals surface area contributed by atoms with Gasteiger partial charge in [-0.25, -0.2) is 29.9 Å². The molecular formula is C32H20N6O2S2. The van der Waals surface area contributed by atoms with E-state index in [1.54, 1.807) is 36.4 Å². The van der Waals surface area contributed by atoms with Crippen LogP contribution in [-0.4, -0.2) is 40.1 Å². The molecule has 7 aromatic rings. The van der Waals surface area contributed by atoms with Crippen LogP contribution in [0.5, 0.6) is 11.5 Å². The number of hydrogen-bond acceptors (Lipinski definition) is 10. The van der Waals surface area contributed by atoms with Crippen LogP contribution in [0.4, 0.5) is 0 Å². The number of nitrogens with zero attached hydrogens (tertiary/aromatic N) is 6. The van der Waals surface area contributed by atoms with Crippen molar-refractivity contribution in [2.45, 2.75) is 0 Å². The molecule has 4 aromatic heterocycles. The van der Waals surface area contributed by atoms with Gasteiger partial charge in [0.25, 0.3) is 0 Å². The lowest BCUT2D eigenvalue weighted by Crippen LogP contribution is -2.00. The van der Waals surface area contributed by atoms with Gasteiger partial charge in [0.1, 0.15) is 11.5 Å². The fourth-order valence-corrected chi connectivity index (χ4v) is 5.69. The van der Waals surface area contributed by atoms with E-state index in [4.69, 9.17) is 19.9 Å². The van der Waals surface area contributed by atoms with Gasteiger partial charge >= 0.3 is 0 Å². The first kappa shape index (κ1) is 25.6. The number of aromatic hydroxyl groups is 2. The third-order valence-electron chi connectivity index (χ3n) is 6.45. The van der Waals surface area contributed by atoms with Crippen molar-refractivity contribution >= 4 is 22.7 Å². The molecule has 3 aromatic carbocycles. The number of hydrogen-bond donors (Lipinski definition) is 2. The summed E-state index contributed by atoms with van der Waals surface area (Å²) < 4.78 is 0. The summed E-state index contributed by atoms with van der Waals surface area (Å²) in [6.07, 6.45) is 0. The maximum atomic E-state index is 10.5. The molecule has 4 heterocycles. The second-order valence-corrected chi connectivity index (χ2v) is 11.1. The van der Waals surface area contributed by atoms with Crippen LogP contribution in [0.3, 0.4) is 0 Å². The summed E-state index contributed by atoms with van der Waals surface area (Å²) in [6, 6.07) is 29.4. The number of rotatable bonds is 6. The number of phenolic OH excluding ortho intramolecular Hbond substituents is 2. The van der Waals surface area contributed by atoms with Crippen molar-refractivity contribution in [3.63, 3.8) is 0 Å². The van der Waals surface area contributed by atoms with E-state index in [2.05, 4.69) is 9.97 Å². The quantitative estimate of drug-likeness (QED) is 0.205. The van der Waals surface area contributed by atoms with Crippen molar-refractivity contribution in [3.05, 3.63) is 108 Å². The second kappa shape index (κ2) is 10.9. The van der Waals surface area contributed by atoms with Crippen molar-refractivity contribution in [1.82, 2.24) is 29.9 Å². The van der Waals surface area contributed by atoms with Gasteiger partial charge in [-0.05, 0) is 47.2 Å². The molecular weight excluding hydrogens is 565 g/mol. The molecule has 7 rings (SSSR count). The van der Waals surface area contributed by atoms with Crippen LogP contribution in [0.25, 0.3) is 67.0 Å². The van der Waals surface area contributed by atoms with Gasteiger partial charge in [0, 0.05) is 11.1 Å². The molecule has 0 aliphatic rings. The highest BCUT2D eigenvalue weighted by Crippen LogP contribution is 2.33. The SMILES string of the molecule is Oc1ccccc1-c1nc(-c2ccc(-c3nc(-c4cccs4)nc(-c4ccccc4O)n3)cc2)nc(-c2cccs2)n1. The van der Waals surface area contributed by atoms with Gasteiger partial charge in [-0.1, -0.05) is 60.7 Å². The van der Waals surface area contributed by atoms with E-state index in [1.165, 1.54) is 22.7 Å². The Morgan fingerprint density at radius 1 is 0.381 bits per heavy atom. The first-order chi connectivity index (χ1) is 20.6. The second-order valence-electron chi connectivity index (χ2n) is 9.18. The number of benzene rings is 3. The Balaban J connectivity index is 1.32. The van der Waals surface area contributed by atoms with Crippen LogP contribution in [0.15, 0.2) is 108 Å². The molecule has 0 unspecified atom stereocenters. The van der Waals surface area contributed by atoms with Crippen molar-refractivity contribution in [3.8, 4) is 78.5 Å². The molecule has 10 heteroatoms. The Hall–Kier alpha value is -5.32. The number of thiophene rings is 2. The lowest BCUT2D eigenvalue weighted by molar-refractivity contribution is 0.476. The van der Waals surface area contributed by atoms with Gasteiger partial charge in [0.05, 0.1) is 20.9 Å². The average molecular weight is 585 g/mol. The van der Waals surface area contributed by atoms with Crippen LogP contribution >= 0.6 is 22.7 Å². The zero-order valence-corrected chi connectivity index (χ0v) is 23.4. The minimum Gasteiger partial charge on any atom is -0.507 e. The highest BCUT2D eigenvalue weighted by molar-refractivity contribution is 7.13. The standard InChI is InChI=1S/C32H20N6O2S2/c39-23-9-3-1-7-21(23)29-33-27(35-31(37-29)25-11-5-17-41-25)19-13-15-20(16-14-19)28-34-30(22-8-2-4-10-24(22)40)38-32(36-28)26-12-6-18-42-26/h1-18,39-40H. The number of para-hydroxylation sites is 2. The van der Waals surface area contributed by atoms with Crippen molar-refractivity contribution in [2.75, 3.05) is 0 Å². The molecule has 0 spiro atoms. The van der Waals surface area contributed by atoms with Crippen LogP contribution in [0, 0.1) is 0 Å². The molecule has 0 amide bonds. The van der Waals surface area contributed by atoms with Crippen molar-refractivity contribution < 1.29 is 10.2 Å². The molecule has 0 saturated carbocycles. The van der Waals surface area contributed by atoms with Gasteiger partial charge in [0.15, 0.2) is 34.9 Å². The van der Waals surface area contributed by atoms with Gasteiger partial charge in [-0.3, -0.25) is 0 Å². The number of aromatic nitrogens is 6. The molecule has 2 N–H and O–H groups in total. The zero-order chi connectivity index (χ0) is 28.5. The summed E-state index contributed by atoms with van der Waals surface area (Å²) in [6.45, 7) is 0. The van der Waals surface area contributed by atoms with Gasteiger partial charge in [-0.15, -0.1) is 22.7 Å². The fourth-order valence-electron chi connectivity index (χ4n) is 4.38. The van der Waals surface area contributed by atoms with Gasteiger partial charge < -0.3 is 10.2 Å². The summed E-state index contributed by atoms with van der Waals surface area (Å²) in [5.41, 5.74) is 2.59. The molecule has 0 atom stereocenters. The summed E-state index contributed by atoms with van der Waals surface area (Å²) in [7, 11) is 0. The maximum Gasteiger partial charge on any atom is 0.174 e. The normalized spacial score (nSPS) is 11.0. The Bertz CT molecular complexity index is 1860. The predicted octanol–water partition coefficient (Wildman–Crippen LogP) is 7.59. The molecule has 0 fully saturated rings. The topological polar surface area (TPSA) is 118 Å². The van der Waals surface area contributed by atoms with E-state index in [1.807, 2.05) is 71.4 Å².